The molecule has 0 aromatic carbocycles. The smallest absolute Gasteiger partial charge is 0.114 e. The summed E-state index contributed by atoms with van der Waals surface area (Å²) < 4.78 is 11.0. The van der Waals surface area contributed by atoms with E-state index in [4.69, 9.17) is 14.6 Å². The van der Waals surface area contributed by atoms with Gasteiger partial charge in [-0.05, 0) is 32.1 Å². The van der Waals surface area contributed by atoms with Gasteiger partial charge in [0.25, 0.3) is 0 Å². The average molecular weight is 401 g/mol. The Morgan fingerprint density at radius 3 is 2.11 bits per heavy atom. The van der Waals surface area contributed by atoms with Crippen LogP contribution in [0.2, 0.25) is 0 Å². The Hall–Kier alpha value is -0.460. The van der Waals surface area contributed by atoms with Crippen LogP contribution in [0.25, 0.3) is 0 Å². The molecule has 1 aliphatic rings. The van der Waals surface area contributed by atoms with Gasteiger partial charge in [-0.25, -0.2) is 0 Å². The van der Waals surface area contributed by atoms with Gasteiger partial charge in [0.05, 0.1) is 13.2 Å². The van der Waals surface area contributed by atoms with Gasteiger partial charge in [-0.2, -0.15) is 0 Å². The molecule has 1 aliphatic heterocycles. The lowest BCUT2D eigenvalue weighted by molar-refractivity contribution is -0.0730. The molecule has 0 spiro atoms. The molecule has 0 aromatic rings. The van der Waals surface area contributed by atoms with Crippen molar-refractivity contribution >= 4 is 0 Å². The Bertz CT molecular complexity index is 374. The predicted molar refractivity (Wildman–Crippen MR) is 113 cm³/mol. The second-order valence-electron chi connectivity index (χ2n) is 8.03. The average Bonchev–Trinajstić information content (AvgIpc) is 3.07. The fourth-order valence-electron chi connectivity index (χ4n) is 3.61. The Balaban J connectivity index is 1.86. The van der Waals surface area contributed by atoms with Gasteiger partial charge in [0, 0.05) is 6.61 Å². The van der Waals surface area contributed by atoms with Gasteiger partial charge < -0.3 is 24.8 Å². The van der Waals surface area contributed by atoms with Crippen molar-refractivity contribution in [1.82, 2.24) is 0 Å². The van der Waals surface area contributed by atoms with E-state index < -0.39 is 31.0 Å². The van der Waals surface area contributed by atoms with Crippen LogP contribution in [0.4, 0.5) is 0 Å². The maximum atomic E-state index is 10.0. The third-order valence-corrected chi connectivity index (χ3v) is 5.47. The first-order valence-corrected chi connectivity index (χ1v) is 11.6. The van der Waals surface area contributed by atoms with Gasteiger partial charge >= 0.3 is 0 Å². The maximum absolute atomic E-state index is 10.0. The highest BCUT2D eigenvalue weighted by molar-refractivity contribution is 4.88. The first-order valence-electron chi connectivity index (χ1n) is 11.6. The Morgan fingerprint density at radius 1 is 0.929 bits per heavy atom. The van der Waals surface area contributed by atoms with Crippen molar-refractivity contribution in [3.05, 3.63) is 12.2 Å². The minimum absolute atomic E-state index is 0.265. The molecule has 0 bridgehead atoms. The molecule has 0 aromatic heterocycles. The molecule has 5 nitrogen and oxygen atoms in total. The summed E-state index contributed by atoms with van der Waals surface area (Å²) in [6.07, 6.45) is 18.1. The largest absolute Gasteiger partial charge is 0.394 e. The zero-order chi connectivity index (χ0) is 20.5. The highest BCUT2D eigenvalue weighted by atomic mass is 16.6. The van der Waals surface area contributed by atoms with E-state index in [2.05, 4.69) is 19.1 Å². The number of unbranched alkanes of at least 4 members (excludes halogenated alkanes) is 11. The van der Waals surface area contributed by atoms with Gasteiger partial charge in [-0.15, -0.1) is 0 Å². The van der Waals surface area contributed by atoms with Gasteiger partial charge in [-0.1, -0.05) is 70.4 Å². The highest BCUT2D eigenvalue weighted by Crippen LogP contribution is 2.20. The van der Waals surface area contributed by atoms with Crippen LogP contribution in [0.3, 0.4) is 0 Å². The lowest BCUT2D eigenvalue weighted by atomic mass is 10.1. The number of hydrogen-bond acceptors (Lipinski definition) is 5. The predicted octanol–water partition coefficient (Wildman–Crippen LogP) is 4.13. The number of aliphatic hydroxyl groups excluding tert-OH is 3. The summed E-state index contributed by atoms with van der Waals surface area (Å²) in [5.74, 6) is 0. The van der Waals surface area contributed by atoms with E-state index in [0.29, 0.717) is 6.61 Å². The Kier molecular flexibility index (Phi) is 15.9. The van der Waals surface area contributed by atoms with Gasteiger partial charge in [0.2, 0.25) is 0 Å². The molecule has 4 atom stereocenters. The van der Waals surface area contributed by atoms with Crippen molar-refractivity contribution in [3.63, 3.8) is 0 Å². The molecule has 5 heteroatoms. The summed E-state index contributed by atoms with van der Waals surface area (Å²) in [6, 6.07) is 0. The number of hydrogen-bond donors (Lipinski definition) is 3. The van der Waals surface area contributed by atoms with Crippen molar-refractivity contribution in [2.45, 2.75) is 115 Å². The van der Waals surface area contributed by atoms with Crippen LogP contribution in [-0.4, -0.2) is 59.6 Å². The maximum Gasteiger partial charge on any atom is 0.114 e. The molecule has 0 radical (unpaired) electrons. The fourth-order valence-corrected chi connectivity index (χ4v) is 3.61. The summed E-state index contributed by atoms with van der Waals surface area (Å²) in [5, 5.41) is 28.5. The Morgan fingerprint density at radius 2 is 1.50 bits per heavy atom. The number of rotatable bonds is 18. The Labute approximate surface area is 172 Å². The van der Waals surface area contributed by atoms with Crippen molar-refractivity contribution in [2.75, 3.05) is 19.8 Å². The third-order valence-electron chi connectivity index (χ3n) is 5.47. The molecule has 166 valence electrons. The molecular formula is C23H44O5. The van der Waals surface area contributed by atoms with E-state index >= 15 is 0 Å². The van der Waals surface area contributed by atoms with Gasteiger partial charge in [0.15, 0.2) is 0 Å². The summed E-state index contributed by atoms with van der Waals surface area (Å²) in [4.78, 5) is 0. The van der Waals surface area contributed by atoms with Crippen molar-refractivity contribution in [2.24, 2.45) is 0 Å². The lowest BCUT2D eigenvalue weighted by Crippen LogP contribution is -2.41. The van der Waals surface area contributed by atoms with Crippen LogP contribution in [0.5, 0.6) is 0 Å². The number of ether oxygens (including phenoxy) is 2. The molecule has 1 rings (SSSR count). The lowest BCUT2D eigenvalue weighted by Gasteiger charge is -2.20. The van der Waals surface area contributed by atoms with Crippen LogP contribution < -0.4 is 0 Å². The van der Waals surface area contributed by atoms with Crippen LogP contribution in [-0.2, 0) is 9.47 Å². The minimum Gasteiger partial charge on any atom is -0.394 e. The van der Waals surface area contributed by atoms with Gasteiger partial charge in [0.1, 0.15) is 24.4 Å². The molecule has 0 amide bonds. The monoisotopic (exact) mass is 400 g/mol. The van der Waals surface area contributed by atoms with E-state index in [-0.39, 0.29) is 6.61 Å². The molecule has 1 fully saturated rings. The topological polar surface area (TPSA) is 79.2 Å². The quantitative estimate of drug-likeness (QED) is 0.238. The number of allylic oxidation sites excluding steroid dienone is 2. The SMILES string of the molecule is CCCCCCCCCCC/C=C/CCCCO[C@H]1CO[C@H]([C@H](O)CO)[C@@H]1O. The second kappa shape index (κ2) is 17.4. The summed E-state index contributed by atoms with van der Waals surface area (Å²) >= 11 is 0. The summed E-state index contributed by atoms with van der Waals surface area (Å²) in [7, 11) is 0. The highest BCUT2D eigenvalue weighted by Gasteiger charge is 2.40. The van der Waals surface area contributed by atoms with Crippen LogP contribution in [0.1, 0.15) is 90.4 Å². The van der Waals surface area contributed by atoms with E-state index in [9.17, 15) is 10.2 Å². The first-order chi connectivity index (χ1) is 13.7. The third kappa shape index (κ3) is 11.5. The fraction of sp³-hybridized carbons (Fsp3) is 0.913. The summed E-state index contributed by atoms with van der Waals surface area (Å²) in [6.45, 7) is 2.70. The molecule has 1 heterocycles. The first kappa shape index (κ1) is 25.6. The molecule has 0 unspecified atom stereocenters. The molecule has 1 saturated heterocycles. The second-order valence-corrected chi connectivity index (χ2v) is 8.03. The van der Waals surface area contributed by atoms with Crippen molar-refractivity contribution in [3.8, 4) is 0 Å². The normalized spacial score (nSPS) is 23.6. The summed E-state index contributed by atoms with van der Waals surface area (Å²) in [5.41, 5.74) is 0. The minimum atomic E-state index is -1.06. The van der Waals surface area contributed by atoms with Crippen molar-refractivity contribution < 1.29 is 24.8 Å². The molecule has 0 aliphatic carbocycles. The molecule has 28 heavy (non-hydrogen) atoms. The van der Waals surface area contributed by atoms with E-state index in [1.807, 2.05) is 0 Å². The van der Waals surface area contributed by atoms with Crippen LogP contribution in [0, 0.1) is 0 Å². The molecule has 3 N–H and O–H groups in total. The van der Waals surface area contributed by atoms with E-state index in [1.165, 1.54) is 64.2 Å². The molecular weight excluding hydrogens is 356 g/mol. The number of aliphatic hydroxyl groups is 3. The zero-order valence-corrected chi connectivity index (χ0v) is 17.9. The van der Waals surface area contributed by atoms with E-state index in [0.717, 1.165) is 19.3 Å². The van der Waals surface area contributed by atoms with Crippen LogP contribution >= 0.6 is 0 Å². The van der Waals surface area contributed by atoms with Crippen molar-refractivity contribution in [1.29, 1.82) is 0 Å². The van der Waals surface area contributed by atoms with Crippen LogP contribution in [0.15, 0.2) is 12.2 Å². The van der Waals surface area contributed by atoms with Gasteiger partial charge in [-0.3, -0.25) is 0 Å². The molecule has 0 saturated carbocycles. The zero-order valence-electron chi connectivity index (χ0n) is 17.9. The standard InChI is InChI=1S/C23H44O5/c1-2-3-4-5-6-7-8-9-10-11-12-13-14-15-16-17-27-21-19-28-23(22(21)26)20(25)18-24/h12-13,20-26H,2-11,14-19H2,1H3/b13-12+/t20-,21+,22-,23-/m1/s1. The van der Waals surface area contributed by atoms with E-state index in [1.54, 1.807) is 0 Å².